The van der Waals surface area contributed by atoms with Crippen LogP contribution in [0.2, 0.25) is 5.02 Å². The highest BCUT2D eigenvalue weighted by Gasteiger charge is 2.27. The Morgan fingerprint density at radius 3 is 2.27 bits per heavy atom. The number of halogens is 3. The number of nitrogens with two attached hydrogens (primary N) is 1. The average molecular weight is 402 g/mol. The maximum absolute atomic E-state index is 13.1. The molecule has 2 N–H and O–H groups in total. The molecule has 140 valence electrons. The number of carbonyl (C=O) groups is 2. The van der Waals surface area contributed by atoms with Crippen LogP contribution in [0.3, 0.4) is 0 Å². The number of amides is 2. The second kappa shape index (κ2) is 8.53. The van der Waals surface area contributed by atoms with E-state index in [4.69, 9.17) is 21.8 Å². The standard InChI is InChI=1S/C17H17ClFN3O3.ClH/c18-15-8-12(19)1-2-14(15)17(24)22-5-3-21(4-6-22)16(23)11-7-13(9-20)25-10-11;/h1-2,7-8,10H,3-6,9,20H2;1H. The highest BCUT2D eigenvalue weighted by atomic mass is 35.5. The topological polar surface area (TPSA) is 79.8 Å². The van der Waals surface area contributed by atoms with Gasteiger partial charge in [-0.3, -0.25) is 9.59 Å². The molecular weight excluding hydrogens is 384 g/mol. The smallest absolute Gasteiger partial charge is 0.257 e. The van der Waals surface area contributed by atoms with Crippen LogP contribution in [-0.4, -0.2) is 47.8 Å². The number of carbonyl (C=O) groups excluding carboxylic acids is 2. The number of benzene rings is 1. The summed E-state index contributed by atoms with van der Waals surface area (Å²) >= 11 is 5.95. The van der Waals surface area contributed by atoms with E-state index in [0.29, 0.717) is 37.5 Å². The van der Waals surface area contributed by atoms with Crippen LogP contribution in [0.5, 0.6) is 0 Å². The van der Waals surface area contributed by atoms with Crippen molar-refractivity contribution >= 4 is 35.8 Å². The Kier molecular flexibility index (Phi) is 6.63. The van der Waals surface area contributed by atoms with Crippen molar-refractivity contribution in [2.45, 2.75) is 6.54 Å². The van der Waals surface area contributed by atoms with Crippen molar-refractivity contribution < 1.29 is 18.4 Å². The molecule has 0 saturated carbocycles. The van der Waals surface area contributed by atoms with Gasteiger partial charge in [0.1, 0.15) is 17.8 Å². The van der Waals surface area contributed by atoms with Gasteiger partial charge in [-0.1, -0.05) is 11.6 Å². The van der Waals surface area contributed by atoms with E-state index < -0.39 is 5.82 Å². The summed E-state index contributed by atoms with van der Waals surface area (Å²) in [6, 6.07) is 5.31. The van der Waals surface area contributed by atoms with Gasteiger partial charge in [-0.05, 0) is 24.3 Å². The lowest BCUT2D eigenvalue weighted by Crippen LogP contribution is -2.50. The van der Waals surface area contributed by atoms with Crippen molar-refractivity contribution in [3.8, 4) is 0 Å². The summed E-state index contributed by atoms with van der Waals surface area (Å²) in [5.41, 5.74) is 6.17. The van der Waals surface area contributed by atoms with Crippen molar-refractivity contribution in [1.82, 2.24) is 9.80 Å². The van der Waals surface area contributed by atoms with Crippen molar-refractivity contribution in [3.63, 3.8) is 0 Å². The second-order valence-electron chi connectivity index (χ2n) is 5.71. The molecule has 1 aliphatic rings. The summed E-state index contributed by atoms with van der Waals surface area (Å²) in [6.07, 6.45) is 1.39. The minimum Gasteiger partial charge on any atom is -0.467 e. The molecule has 3 rings (SSSR count). The largest absolute Gasteiger partial charge is 0.467 e. The van der Waals surface area contributed by atoms with Gasteiger partial charge in [-0.25, -0.2) is 4.39 Å². The van der Waals surface area contributed by atoms with Gasteiger partial charge in [-0.15, -0.1) is 12.4 Å². The van der Waals surface area contributed by atoms with E-state index in [1.807, 2.05) is 0 Å². The zero-order valence-corrected chi connectivity index (χ0v) is 15.4. The zero-order valence-electron chi connectivity index (χ0n) is 13.8. The first-order valence-corrected chi connectivity index (χ1v) is 8.18. The molecule has 1 fully saturated rings. The number of furan rings is 1. The molecule has 0 atom stereocenters. The van der Waals surface area contributed by atoms with E-state index in [0.717, 1.165) is 6.07 Å². The molecule has 2 heterocycles. The van der Waals surface area contributed by atoms with E-state index in [9.17, 15) is 14.0 Å². The van der Waals surface area contributed by atoms with Gasteiger partial charge >= 0.3 is 0 Å². The third-order valence-electron chi connectivity index (χ3n) is 4.12. The summed E-state index contributed by atoms with van der Waals surface area (Å²) in [5, 5.41) is 0.0798. The zero-order chi connectivity index (χ0) is 18.0. The first-order valence-electron chi connectivity index (χ1n) is 7.80. The van der Waals surface area contributed by atoms with E-state index >= 15 is 0 Å². The van der Waals surface area contributed by atoms with Crippen molar-refractivity contribution in [2.24, 2.45) is 5.73 Å². The number of hydrogen-bond acceptors (Lipinski definition) is 4. The van der Waals surface area contributed by atoms with Crippen LogP contribution in [-0.2, 0) is 6.54 Å². The van der Waals surface area contributed by atoms with Crippen LogP contribution in [0.25, 0.3) is 0 Å². The summed E-state index contributed by atoms with van der Waals surface area (Å²) in [4.78, 5) is 28.2. The third kappa shape index (κ3) is 4.17. The lowest BCUT2D eigenvalue weighted by molar-refractivity contribution is 0.0535. The third-order valence-corrected chi connectivity index (χ3v) is 4.43. The average Bonchev–Trinajstić information content (AvgIpc) is 3.10. The van der Waals surface area contributed by atoms with Crippen molar-refractivity contribution in [1.29, 1.82) is 0 Å². The van der Waals surface area contributed by atoms with Gasteiger partial charge in [-0.2, -0.15) is 0 Å². The van der Waals surface area contributed by atoms with Gasteiger partial charge in [0.25, 0.3) is 11.8 Å². The van der Waals surface area contributed by atoms with E-state index in [1.54, 1.807) is 15.9 Å². The fraction of sp³-hybridized carbons (Fsp3) is 0.294. The summed E-state index contributed by atoms with van der Waals surface area (Å²) < 4.78 is 18.3. The van der Waals surface area contributed by atoms with Gasteiger partial charge < -0.3 is 20.0 Å². The predicted molar refractivity (Wildman–Crippen MR) is 97.1 cm³/mol. The molecule has 9 heteroatoms. The summed E-state index contributed by atoms with van der Waals surface area (Å²) in [6.45, 7) is 1.77. The van der Waals surface area contributed by atoms with Crippen LogP contribution in [0.15, 0.2) is 34.9 Å². The molecule has 1 aromatic carbocycles. The fourth-order valence-electron chi connectivity index (χ4n) is 2.73. The molecule has 1 saturated heterocycles. The Balaban J connectivity index is 0.00000243. The monoisotopic (exact) mass is 401 g/mol. The molecule has 0 unspecified atom stereocenters. The molecule has 0 bridgehead atoms. The summed E-state index contributed by atoms with van der Waals surface area (Å²) in [7, 11) is 0. The Labute approximate surface area is 161 Å². The molecule has 6 nitrogen and oxygen atoms in total. The van der Waals surface area contributed by atoms with E-state index in [-0.39, 0.29) is 41.4 Å². The second-order valence-corrected chi connectivity index (χ2v) is 6.12. The number of hydrogen-bond donors (Lipinski definition) is 1. The van der Waals surface area contributed by atoms with Gasteiger partial charge in [0.15, 0.2) is 0 Å². The van der Waals surface area contributed by atoms with Crippen molar-refractivity contribution in [2.75, 3.05) is 26.2 Å². The van der Waals surface area contributed by atoms with Crippen LogP contribution in [0, 0.1) is 5.82 Å². The highest BCUT2D eigenvalue weighted by molar-refractivity contribution is 6.33. The van der Waals surface area contributed by atoms with Crippen LogP contribution >= 0.6 is 24.0 Å². The SMILES string of the molecule is Cl.NCc1cc(C(=O)N2CCN(C(=O)c3ccc(F)cc3Cl)CC2)co1. The fourth-order valence-corrected chi connectivity index (χ4v) is 2.98. The number of piperazine rings is 1. The molecule has 2 amide bonds. The minimum atomic E-state index is -0.492. The minimum absolute atomic E-state index is 0. The number of rotatable bonds is 3. The van der Waals surface area contributed by atoms with Crippen LogP contribution in [0.1, 0.15) is 26.5 Å². The van der Waals surface area contributed by atoms with Crippen LogP contribution < -0.4 is 5.73 Å². The van der Waals surface area contributed by atoms with Crippen LogP contribution in [0.4, 0.5) is 4.39 Å². The number of nitrogens with zero attached hydrogens (tertiary/aromatic N) is 2. The lowest BCUT2D eigenvalue weighted by Gasteiger charge is -2.34. The Morgan fingerprint density at radius 1 is 1.12 bits per heavy atom. The first kappa shape index (κ1) is 20.2. The molecule has 26 heavy (non-hydrogen) atoms. The Hall–Kier alpha value is -2.09. The molecule has 1 aliphatic heterocycles. The lowest BCUT2D eigenvalue weighted by atomic mass is 10.1. The first-order chi connectivity index (χ1) is 12.0. The van der Waals surface area contributed by atoms with Gasteiger partial charge in [0.2, 0.25) is 0 Å². The molecule has 2 aromatic rings. The molecule has 0 radical (unpaired) electrons. The van der Waals surface area contributed by atoms with Gasteiger partial charge in [0, 0.05) is 26.2 Å². The molecule has 0 aliphatic carbocycles. The normalized spacial score (nSPS) is 14.1. The maximum Gasteiger partial charge on any atom is 0.257 e. The highest BCUT2D eigenvalue weighted by Crippen LogP contribution is 2.20. The Morgan fingerprint density at radius 2 is 1.73 bits per heavy atom. The van der Waals surface area contributed by atoms with E-state index in [1.165, 1.54) is 18.4 Å². The van der Waals surface area contributed by atoms with E-state index in [2.05, 4.69) is 0 Å². The maximum atomic E-state index is 13.1. The predicted octanol–water partition coefficient (Wildman–Crippen LogP) is 2.55. The molecule has 0 spiro atoms. The van der Waals surface area contributed by atoms with Gasteiger partial charge in [0.05, 0.1) is 22.7 Å². The summed E-state index contributed by atoms with van der Waals surface area (Å²) in [5.74, 6) is -0.377. The molecule has 1 aromatic heterocycles. The Bertz CT molecular complexity index is 804. The molecular formula is C17H18Cl2FN3O3. The van der Waals surface area contributed by atoms with Crippen molar-refractivity contribution in [3.05, 3.63) is 58.3 Å². The quantitative estimate of drug-likeness (QED) is 0.856.